The predicted octanol–water partition coefficient (Wildman–Crippen LogP) is 6.68. The molecule has 1 heterocycles. The van der Waals surface area contributed by atoms with Gasteiger partial charge in [-0.15, -0.1) is 0 Å². The summed E-state index contributed by atoms with van der Waals surface area (Å²) < 4.78 is 0. The number of hydrogen-bond acceptors (Lipinski definition) is 3. The Hall–Kier alpha value is -3.56. The number of hydrogen-bond donors (Lipinski definition) is 0. The molecule has 0 aliphatic rings. The van der Waals surface area contributed by atoms with Crippen LogP contribution >= 0.6 is 11.6 Å². The second kappa shape index (κ2) is 7.46. The maximum Gasteiger partial charge on any atom is 0.226 e. The maximum atomic E-state index is 6.17. The van der Waals surface area contributed by atoms with E-state index in [2.05, 4.69) is 69.5 Å². The molecule has 0 saturated carbocycles. The standard InChI is InChI=1S/C25H16ClN3/c26-25-28-23(19-7-2-1-3-8-19)27-24(29-25)20-13-10-18(11-14-20)22-15-12-17-6-4-5-9-21(17)16-22/h1-16H. The molecule has 0 aliphatic carbocycles. The Kier molecular flexibility index (Phi) is 4.51. The molecular weight excluding hydrogens is 378 g/mol. The fraction of sp³-hybridized carbons (Fsp3) is 0. The summed E-state index contributed by atoms with van der Waals surface area (Å²) in [5, 5.41) is 2.65. The first-order chi connectivity index (χ1) is 14.3. The Morgan fingerprint density at radius 1 is 0.448 bits per heavy atom. The van der Waals surface area contributed by atoms with E-state index in [-0.39, 0.29) is 5.28 Å². The number of benzene rings is 4. The molecule has 0 unspecified atom stereocenters. The van der Waals surface area contributed by atoms with Crippen LogP contribution < -0.4 is 0 Å². The largest absolute Gasteiger partial charge is 0.226 e. The zero-order valence-corrected chi connectivity index (χ0v) is 16.2. The van der Waals surface area contributed by atoms with Gasteiger partial charge in [0, 0.05) is 11.1 Å². The first-order valence-corrected chi connectivity index (χ1v) is 9.71. The number of halogens is 1. The lowest BCUT2D eigenvalue weighted by Gasteiger charge is -2.07. The Bertz CT molecular complexity index is 1300. The van der Waals surface area contributed by atoms with Gasteiger partial charge in [0.15, 0.2) is 11.6 Å². The van der Waals surface area contributed by atoms with E-state index in [1.54, 1.807) is 0 Å². The van der Waals surface area contributed by atoms with Crippen molar-refractivity contribution in [2.75, 3.05) is 0 Å². The summed E-state index contributed by atoms with van der Waals surface area (Å²) in [6.07, 6.45) is 0. The van der Waals surface area contributed by atoms with Crippen LogP contribution in [0.25, 0.3) is 44.7 Å². The van der Waals surface area contributed by atoms with Crippen molar-refractivity contribution in [3.63, 3.8) is 0 Å². The van der Waals surface area contributed by atoms with Crippen LogP contribution in [0, 0.1) is 0 Å². The molecule has 4 aromatic carbocycles. The van der Waals surface area contributed by atoms with E-state index >= 15 is 0 Å². The third kappa shape index (κ3) is 3.60. The normalized spacial score (nSPS) is 10.9. The molecule has 0 fully saturated rings. The van der Waals surface area contributed by atoms with Gasteiger partial charge in [0.2, 0.25) is 5.28 Å². The molecule has 0 aliphatic heterocycles. The fourth-order valence-corrected chi connectivity index (χ4v) is 3.54. The molecule has 0 saturated heterocycles. The van der Waals surface area contributed by atoms with Gasteiger partial charge >= 0.3 is 0 Å². The minimum atomic E-state index is 0.187. The smallest absolute Gasteiger partial charge is 0.208 e. The highest BCUT2D eigenvalue weighted by Crippen LogP contribution is 2.27. The van der Waals surface area contributed by atoms with Gasteiger partial charge < -0.3 is 0 Å². The van der Waals surface area contributed by atoms with Crippen molar-refractivity contribution in [3.05, 3.63) is 102 Å². The van der Waals surface area contributed by atoms with Crippen LogP contribution in [0.1, 0.15) is 0 Å². The zero-order chi connectivity index (χ0) is 19.6. The lowest BCUT2D eigenvalue weighted by Crippen LogP contribution is -1.97. The second-order valence-electron chi connectivity index (χ2n) is 6.76. The van der Waals surface area contributed by atoms with Gasteiger partial charge in [-0.1, -0.05) is 91.0 Å². The van der Waals surface area contributed by atoms with Gasteiger partial charge in [-0.3, -0.25) is 0 Å². The van der Waals surface area contributed by atoms with Crippen molar-refractivity contribution in [1.29, 1.82) is 0 Å². The van der Waals surface area contributed by atoms with Crippen LogP contribution in [0.15, 0.2) is 97.1 Å². The van der Waals surface area contributed by atoms with E-state index in [9.17, 15) is 0 Å². The zero-order valence-electron chi connectivity index (χ0n) is 15.5. The maximum absolute atomic E-state index is 6.17. The Balaban J connectivity index is 1.51. The van der Waals surface area contributed by atoms with Gasteiger partial charge in [-0.2, -0.15) is 9.97 Å². The van der Waals surface area contributed by atoms with E-state index < -0.39 is 0 Å². The average molecular weight is 394 g/mol. The summed E-state index contributed by atoms with van der Waals surface area (Å²) in [5.41, 5.74) is 4.12. The van der Waals surface area contributed by atoms with Crippen molar-refractivity contribution >= 4 is 22.4 Å². The molecule has 4 heteroatoms. The number of fused-ring (bicyclic) bond motifs is 1. The van der Waals surface area contributed by atoms with Crippen molar-refractivity contribution in [1.82, 2.24) is 15.0 Å². The summed E-state index contributed by atoms with van der Waals surface area (Å²) in [6.45, 7) is 0. The van der Waals surface area contributed by atoms with Crippen LogP contribution in [-0.2, 0) is 0 Å². The molecule has 0 N–H and O–H groups in total. The Morgan fingerprint density at radius 3 is 1.72 bits per heavy atom. The summed E-state index contributed by atoms with van der Waals surface area (Å²) in [4.78, 5) is 13.2. The molecule has 0 atom stereocenters. The minimum Gasteiger partial charge on any atom is -0.208 e. The molecule has 0 amide bonds. The molecular formula is C25H16ClN3. The fourth-order valence-electron chi connectivity index (χ4n) is 3.38. The van der Waals surface area contributed by atoms with Crippen LogP contribution in [0.4, 0.5) is 0 Å². The van der Waals surface area contributed by atoms with E-state index in [1.165, 1.54) is 16.3 Å². The van der Waals surface area contributed by atoms with E-state index in [0.717, 1.165) is 16.7 Å². The second-order valence-corrected chi connectivity index (χ2v) is 7.10. The van der Waals surface area contributed by atoms with Crippen LogP contribution in [0.5, 0.6) is 0 Å². The lowest BCUT2D eigenvalue weighted by atomic mass is 10.0. The van der Waals surface area contributed by atoms with E-state index in [4.69, 9.17) is 11.6 Å². The van der Waals surface area contributed by atoms with Gasteiger partial charge in [0.1, 0.15) is 0 Å². The van der Waals surface area contributed by atoms with Crippen LogP contribution in [0.2, 0.25) is 5.28 Å². The van der Waals surface area contributed by atoms with E-state index in [0.29, 0.717) is 11.6 Å². The number of nitrogens with zero attached hydrogens (tertiary/aromatic N) is 3. The molecule has 0 radical (unpaired) electrons. The van der Waals surface area contributed by atoms with Crippen molar-refractivity contribution in [2.45, 2.75) is 0 Å². The summed E-state index contributed by atoms with van der Waals surface area (Å²) >= 11 is 6.17. The van der Waals surface area contributed by atoms with Gasteiger partial charge in [0.05, 0.1) is 0 Å². The summed E-state index contributed by atoms with van der Waals surface area (Å²) in [5.74, 6) is 1.13. The summed E-state index contributed by atoms with van der Waals surface area (Å²) in [7, 11) is 0. The number of rotatable bonds is 3. The molecule has 29 heavy (non-hydrogen) atoms. The molecule has 138 valence electrons. The topological polar surface area (TPSA) is 38.7 Å². The van der Waals surface area contributed by atoms with Crippen LogP contribution in [-0.4, -0.2) is 15.0 Å². The SMILES string of the molecule is Clc1nc(-c2ccccc2)nc(-c2ccc(-c3ccc4ccccc4c3)cc2)n1. The van der Waals surface area contributed by atoms with Gasteiger partial charge in [-0.25, -0.2) is 4.98 Å². The predicted molar refractivity (Wildman–Crippen MR) is 119 cm³/mol. The first-order valence-electron chi connectivity index (χ1n) is 9.33. The van der Waals surface area contributed by atoms with Crippen molar-refractivity contribution in [3.8, 4) is 33.9 Å². The van der Waals surface area contributed by atoms with Crippen LogP contribution in [0.3, 0.4) is 0 Å². The number of aromatic nitrogens is 3. The van der Waals surface area contributed by atoms with Crippen molar-refractivity contribution < 1.29 is 0 Å². The highest BCUT2D eigenvalue weighted by molar-refractivity contribution is 6.28. The quantitative estimate of drug-likeness (QED) is 0.343. The van der Waals surface area contributed by atoms with Crippen molar-refractivity contribution in [2.24, 2.45) is 0 Å². The highest BCUT2D eigenvalue weighted by atomic mass is 35.5. The molecule has 3 nitrogen and oxygen atoms in total. The molecule has 0 bridgehead atoms. The monoisotopic (exact) mass is 393 g/mol. The lowest BCUT2D eigenvalue weighted by molar-refractivity contribution is 1.07. The summed E-state index contributed by atoms with van der Waals surface area (Å²) in [6, 6.07) is 32.8. The molecule has 5 aromatic rings. The Morgan fingerprint density at radius 2 is 1.00 bits per heavy atom. The Labute approximate surface area is 173 Å². The third-order valence-electron chi connectivity index (χ3n) is 4.87. The third-order valence-corrected chi connectivity index (χ3v) is 5.04. The highest BCUT2D eigenvalue weighted by Gasteiger charge is 2.09. The van der Waals surface area contributed by atoms with E-state index in [1.807, 2.05) is 42.5 Å². The molecule has 5 rings (SSSR count). The first kappa shape index (κ1) is 17.5. The minimum absolute atomic E-state index is 0.187. The van der Waals surface area contributed by atoms with Gasteiger partial charge in [-0.05, 0) is 39.6 Å². The molecule has 1 aromatic heterocycles. The van der Waals surface area contributed by atoms with Gasteiger partial charge in [0.25, 0.3) is 0 Å². The molecule has 0 spiro atoms. The average Bonchev–Trinajstić information content (AvgIpc) is 2.79.